The number of carbonyl (C=O) groups is 4. The number of amides is 3. The highest BCUT2D eigenvalue weighted by atomic mass is 16.5. The summed E-state index contributed by atoms with van der Waals surface area (Å²) in [6.45, 7) is 1.53. The molecule has 1 aromatic rings. The van der Waals surface area contributed by atoms with E-state index in [0.717, 1.165) is 30.6 Å². The zero-order valence-corrected chi connectivity index (χ0v) is 14.7. The first kappa shape index (κ1) is 18.1. The van der Waals surface area contributed by atoms with Crippen molar-refractivity contribution in [3.63, 3.8) is 0 Å². The molecule has 3 rings (SSSR count). The predicted molar refractivity (Wildman–Crippen MR) is 93.4 cm³/mol. The first-order chi connectivity index (χ1) is 12.5. The molecule has 1 aromatic carbocycles. The lowest BCUT2D eigenvalue weighted by Crippen LogP contribution is -2.40. The van der Waals surface area contributed by atoms with Crippen molar-refractivity contribution in [1.29, 1.82) is 0 Å². The minimum Gasteiger partial charge on any atom is -0.449 e. The number of rotatable bonds is 5. The summed E-state index contributed by atoms with van der Waals surface area (Å²) in [5.74, 6) is -1.55. The van der Waals surface area contributed by atoms with Crippen molar-refractivity contribution in [3.8, 4) is 0 Å². The van der Waals surface area contributed by atoms with Gasteiger partial charge in [0.1, 0.15) is 0 Å². The van der Waals surface area contributed by atoms with Crippen LogP contribution in [-0.2, 0) is 19.1 Å². The quantitative estimate of drug-likeness (QED) is 0.641. The Balaban J connectivity index is 1.64. The molecule has 26 heavy (non-hydrogen) atoms. The fourth-order valence-corrected chi connectivity index (χ4v) is 3.31. The second-order valence-corrected chi connectivity index (χ2v) is 6.71. The average molecular weight is 358 g/mol. The highest BCUT2D eigenvalue weighted by Crippen LogP contribution is 2.24. The largest absolute Gasteiger partial charge is 0.449 e. The van der Waals surface area contributed by atoms with Gasteiger partial charge in [-0.3, -0.25) is 19.3 Å². The van der Waals surface area contributed by atoms with Gasteiger partial charge in [0.15, 0.2) is 6.10 Å². The molecule has 2 aliphatic rings. The number of carbonyl (C=O) groups excluding carboxylic acids is 4. The van der Waals surface area contributed by atoms with Gasteiger partial charge in [0.25, 0.3) is 5.91 Å². The van der Waals surface area contributed by atoms with E-state index in [4.69, 9.17) is 4.74 Å². The van der Waals surface area contributed by atoms with Crippen LogP contribution in [0.5, 0.6) is 0 Å². The summed E-state index contributed by atoms with van der Waals surface area (Å²) in [6.07, 6.45) is 3.53. The van der Waals surface area contributed by atoms with Gasteiger partial charge >= 0.3 is 5.97 Å². The molecule has 1 aliphatic heterocycles. The average Bonchev–Trinajstić information content (AvgIpc) is 3.24. The van der Waals surface area contributed by atoms with E-state index in [0.29, 0.717) is 5.69 Å². The lowest BCUT2D eigenvalue weighted by molar-refractivity contribution is -0.129. The van der Waals surface area contributed by atoms with Gasteiger partial charge in [0.05, 0.1) is 11.3 Å². The van der Waals surface area contributed by atoms with Crippen LogP contribution < -0.4 is 10.2 Å². The maximum atomic E-state index is 12.3. The Hall–Kier alpha value is -2.70. The van der Waals surface area contributed by atoms with E-state index in [1.54, 1.807) is 12.1 Å². The summed E-state index contributed by atoms with van der Waals surface area (Å²) in [6, 6.07) is 6.28. The molecule has 1 N–H and O–H groups in total. The lowest BCUT2D eigenvalue weighted by Gasteiger charge is -2.18. The van der Waals surface area contributed by atoms with Gasteiger partial charge in [-0.1, -0.05) is 18.9 Å². The maximum Gasteiger partial charge on any atom is 0.338 e. The minimum absolute atomic E-state index is 0.152. The molecule has 1 saturated heterocycles. The predicted octanol–water partition coefficient (Wildman–Crippen LogP) is 1.94. The summed E-state index contributed by atoms with van der Waals surface area (Å²) in [4.78, 5) is 49.2. The van der Waals surface area contributed by atoms with Crippen LogP contribution in [0, 0.1) is 0 Å². The summed E-state index contributed by atoms with van der Waals surface area (Å²) in [5.41, 5.74) is 0.533. The third-order valence-corrected chi connectivity index (χ3v) is 4.75. The molecule has 1 atom stereocenters. The highest BCUT2D eigenvalue weighted by molar-refractivity contribution is 6.20. The van der Waals surface area contributed by atoms with E-state index >= 15 is 0 Å². The van der Waals surface area contributed by atoms with Crippen LogP contribution in [0.25, 0.3) is 0 Å². The Bertz CT molecular complexity index is 723. The van der Waals surface area contributed by atoms with Gasteiger partial charge in [-0.25, -0.2) is 4.79 Å². The third-order valence-electron chi connectivity index (χ3n) is 4.75. The van der Waals surface area contributed by atoms with Gasteiger partial charge in [-0.2, -0.15) is 0 Å². The molecule has 3 amide bonds. The second kappa shape index (κ2) is 7.68. The number of ether oxygens (including phenoxy) is 1. The number of nitrogens with zero attached hydrogens (tertiary/aromatic N) is 1. The summed E-state index contributed by atoms with van der Waals surface area (Å²) in [7, 11) is 0. The molecule has 0 aromatic heterocycles. The van der Waals surface area contributed by atoms with Crippen LogP contribution in [0.3, 0.4) is 0 Å². The fraction of sp³-hybridized carbons (Fsp3) is 0.474. The zero-order valence-electron chi connectivity index (χ0n) is 14.7. The molecule has 0 spiro atoms. The van der Waals surface area contributed by atoms with Crippen LogP contribution in [0.4, 0.5) is 5.69 Å². The highest BCUT2D eigenvalue weighted by Gasteiger charge is 2.31. The molecule has 2 fully saturated rings. The Morgan fingerprint density at radius 3 is 2.46 bits per heavy atom. The lowest BCUT2D eigenvalue weighted by atomic mass is 10.2. The van der Waals surface area contributed by atoms with E-state index in [2.05, 4.69) is 5.32 Å². The van der Waals surface area contributed by atoms with Gasteiger partial charge in [-0.15, -0.1) is 0 Å². The van der Waals surface area contributed by atoms with Gasteiger partial charge < -0.3 is 10.1 Å². The third kappa shape index (κ3) is 3.92. The van der Waals surface area contributed by atoms with Crippen molar-refractivity contribution >= 4 is 29.4 Å². The van der Waals surface area contributed by atoms with Crippen molar-refractivity contribution in [3.05, 3.63) is 29.8 Å². The molecular formula is C19H22N2O5. The van der Waals surface area contributed by atoms with Gasteiger partial charge in [-0.05, 0) is 38.0 Å². The van der Waals surface area contributed by atoms with Crippen molar-refractivity contribution < 1.29 is 23.9 Å². The van der Waals surface area contributed by atoms with E-state index in [1.165, 1.54) is 19.1 Å². The van der Waals surface area contributed by atoms with Crippen molar-refractivity contribution in [2.75, 3.05) is 4.90 Å². The van der Waals surface area contributed by atoms with E-state index in [1.807, 2.05) is 0 Å². The number of nitrogens with one attached hydrogen (secondary N) is 1. The number of imide groups is 1. The Morgan fingerprint density at radius 1 is 1.15 bits per heavy atom. The molecule has 1 aliphatic carbocycles. The normalized spacial score (nSPS) is 18.9. The molecule has 0 unspecified atom stereocenters. The van der Waals surface area contributed by atoms with Crippen LogP contribution in [0.2, 0.25) is 0 Å². The minimum atomic E-state index is -0.915. The molecule has 0 bridgehead atoms. The molecule has 0 radical (unpaired) electrons. The zero-order chi connectivity index (χ0) is 18.7. The molecule has 7 heteroatoms. The van der Waals surface area contributed by atoms with Gasteiger partial charge in [0, 0.05) is 18.9 Å². The van der Waals surface area contributed by atoms with Crippen molar-refractivity contribution in [2.24, 2.45) is 0 Å². The smallest absolute Gasteiger partial charge is 0.338 e. The molecule has 1 heterocycles. The molecule has 138 valence electrons. The Labute approximate surface area is 151 Å². The number of hydrogen-bond donors (Lipinski definition) is 1. The van der Waals surface area contributed by atoms with Crippen LogP contribution >= 0.6 is 0 Å². The van der Waals surface area contributed by atoms with Crippen LogP contribution in [-0.4, -0.2) is 35.8 Å². The van der Waals surface area contributed by atoms with E-state index in [9.17, 15) is 19.2 Å². The van der Waals surface area contributed by atoms with Crippen LogP contribution in [0.15, 0.2) is 24.3 Å². The van der Waals surface area contributed by atoms with E-state index < -0.39 is 12.1 Å². The molecule has 7 nitrogen and oxygen atoms in total. The number of anilines is 1. The van der Waals surface area contributed by atoms with Crippen molar-refractivity contribution in [1.82, 2.24) is 5.32 Å². The Kier molecular flexibility index (Phi) is 5.35. The first-order valence-corrected chi connectivity index (χ1v) is 8.93. The number of esters is 1. The maximum absolute atomic E-state index is 12.3. The Morgan fingerprint density at radius 2 is 1.81 bits per heavy atom. The topological polar surface area (TPSA) is 92.8 Å². The number of hydrogen-bond acceptors (Lipinski definition) is 5. The second-order valence-electron chi connectivity index (χ2n) is 6.71. The number of benzene rings is 1. The van der Waals surface area contributed by atoms with Gasteiger partial charge in [0.2, 0.25) is 11.8 Å². The van der Waals surface area contributed by atoms with Crippen LogP contribution in [0.1, 0.15) is 55.8 Å². The molecular weight excluding hydrogens is 336 g/mol. The SMILES string of the molecule is C[C@H](OC(=O)c1cccc(N2C(=O)CCC2=O)c1)C(=O)NC1CCCC1. The van der Waals surface area contributed by atoms with Crippen molar-refractivity contribution in [2.45, 2.75) is 57.6 Å². The first-order valence-electron chi connectivity index (χ1n) is 8.93. The standard InChI is InChI=1S/C19H22N2O5/c1-12(18(24)20-14-6-2-3-7-14)26-19(25)13-5-4-8-15(11-13)21-16(22)9-10-17(21)23/h4-5,8,11-12,14H,2-3,6-7,9-10H2,1H3,(H,20,24)/t12-/m0/s1. The summed E-state index contributed by atoms with van der Waals surface area (Å²) >= 11 is 0. The monoisotopic (exact) mass is 358 g/mol. The fourth-order valence-electron chi connectivity index (χ4n) is 3.31. The molecule has 1 saturated carbocycles. The summed E-state index contributed by atoms with van der Waals surface area (Å²) in [5, 5.41) is 2.89. The van der Waals surface area contributed by atoms with E-state index in [-0.39, 0.29) is 42.2 Å². The summed E-state index contributed by atoms with van der Waals surface area (Å²) < 4.78 is 5.24.